The Kier molecular flexibility index (Phi) is 6.75. The summed E-state index contributed by atoms with van der Waals surface area (Å²) < 4.78 is 5.64. The first kappa shape index (κ1) is 19.4. The molecule has 0 radical (unpaired) electrons. The summed E-state index contributed by atoms with van der Waals surface area (Å²) in [5.41, 5.74) is 0.149. The minimum absolute atomic E-state index is 0.149. The van der Waals surface area contributed by atoms with E-state index in [-0.39, 0.29) is 17.5 Å². The SMILES string of the molecule is CCNC(=NCC1(N2CCCC2)CCOCC1)NC1CCC(=O)N(C)C1. The average Bonchev–Trinajstić information content (AvgIpc) is 3.19. The van der Waals surface area contributed by atoms with Gasteiger partial charge in [-0.15, -0.1) is 0 Å². The van der Waals surface area contributed by atoms with Crippen LogP contribution in [-0.4, -0.2) is 86.2 Å². The Labute approximate surface area is 157 Å². The normalized spacial score (nSPS) is 27.6. The van der Waals surface area contributed by atoms with Crippen LogP contribution in [0.25, 0.3) is 0 Å². The van der Waals surface area contributed by atoms with Crippen molar-refractivity contribution in [2.75, 3.05) is 53.0 Å². The fourth-order valence-electron chi connectivity index (χ4n) is 4.39. The maximum Gasteiger partial charge on any atom is 0.222 e. The van der Waals surface area contributed by atoms with Crippen LogP contribution in [0.5, 0.6) is 0 Å². The summed E-state index contributed by atoms with van der Waals surface area (Å²) >= 11 is 0. The number of carbonyl (C=O) groups excluding carboxylic acids is 1. The second-order valence-electron chi connectivity index (χ2n) is 7.88. The molecule has 3 saturated heterocycles. The molecular weight excluding hydrogens is 330 g/mol. The molecule has 3 heterocycles. The largest absolute Gasteiger partial charge is 0.381 e. The molecule has 1 amide bonds. The van der Waals surface area contributed by atoms with Crippen LogP contribution in [0, 0.1) is 0 Å². The molecule has 0 spiro atoms. The van der Waals surface area contributed by atoms with Crippen molar-refractivity contribution in [1.29, 1.82) is 0 Å². The van der Waals surface area contributed by atoms with Crippen molar-refractivity contribution in [2.45, 2.75) is 57.0 Å². The van der Waals surface area contributed by atoms with Crippen LogP contribution < -0.4 is 10.6 Å². The van der Waals surface area contributed by atoms with E-state index in [1.807, 2.05) is 11.9 Å². The van der Waals surface area contributed by atoms with Gasteiger partial charge in [-0.1, -0.05) is 0 Å². The van der Waals surface area contributed by atoms with Crippen molar-refractivity contribution < 1.29 is 9.53 Å². The molecule has 0 aliphatic carbocycles. The molecule has 3 rings (SSSR count). The standard InChI is InChI=1S/C19H35N5O2/c1-3-20-18(22-16-6-7-17(25)23(2)14-16)21-15-19(8-12-26-13-9-19)24-10-4-5-11-24/h16H,3-15H2,1-2H3,(H2,20,21,22). The number of nitrogens with zero attached hydrogens (tertiary/aromatic N) is 3. The van der Waals surface area contributed by atoms with Crippen LogP contribution in [0.4, 0.5) is 0 Å². The lowest BCUT2D eigenvalue weighted by molar-refractivity contribution is -0.132. The van der Waals surface area contributed by atoms with Crippen LogP contribution in [0.2, 0.25) is 0 Å². The van der Waals surface area contributed by atoms with Gasteiger partial charge in [-0.05, 0) is 52.1 Å². The van der Waals surface area contributed by atoms with E-state index in [2.05, 4.69) is 22.5 Å². The highest BCUT2D eigenvalue weighted by Crippen LogP contribution is 2.31. The van der Waals surface area contributed by atoms with Gasteiger partial charge < -0.3 is 20.3 Å². The zero-order valence-electron chi connectivity index (χ0n) is 16.4. The third kappa shape index (κ3) is 4.68. The van der Waals surface area contributed by atoms with Gasteiger partial charge in [-0.25, -0.2) is 0 Å². The zero-order chi connectivity index (χ0) is 18.4. The lowest BCUT2D eigenvalue weighted by atomic mass is 9.88. The molecule has 7 heteroatoms. The number of ether oxygens (including phenoxy) is 1. The van der Waals surface area contributed by atoms with E-state index in [9.17, 15) is 4.79 Å². The summed E-state index contributed by atoms with van der Waals surface area (Å²) in [6, 6.07) is 0.271. The summed E-state index contributed by atoms with van der Waals surface area (Å²) in [6.07, 6.45) is 6.22. The Balaban J connectivity index is 1.65. The van der Waals surface area contributed by atoms with E-state index in [0.717, 1.165) is 58.1 Å². The summed E-state index contributed by atoms with van der Waals surface area (Å²) in [5, 5.41) is 6.94. The molecule has 148 valence electrons. The molecule has 2 N–H and O–H groups in total. The maximum atomic E-state index is 11.7. The third-order valence-corrected chi connectivity index (χ3v) is 6.04. The molecule has 0 aromatic rings. The van der Waals surface area contributed by atoms with Crippen LogP contribution in [0.1, 0.15) is 45.4 Å². The Morgan fingerprint density at radius 1 is 1.31 bits per heavy atom. The van der Waals surface area contributed by atoms with Gasteiger partial charge >= 0.3 is 0 Å². The molecule has 3 fully saturated rings. The van der Waals surface area contributed by atoms with E-state index in [1.54, 1.807) is 0 Å². The fourth-order valence-corrected chi connectivity index (χ4v) is 4.39. The first-order valence-electron chi connectivity index (χ1n) is 10.2. The van der Waals surface area contributed by atoms with Crippen molar-refractivity contribution in [2.24, 2.45) is 4.99 Å². The molecule has 0 bridgehead atoms. The summed E-state index contributed by atoms with van der Waals surface area (Å²) in [6.45, 7) is 8.55. The monoisotopic (exact) mass is 365 g/mol. The second kappa shape index (κ2) is 9.04. The van der Waals surface area contributed by atoms with Crippen LogP contribution in [0.3, 0.4) is 0 Å². The van der Waals surface area contributed by atoms with Crippen molar-refractivity contribution >= 4 is 11.9 Å². The van der Waals surface area contributed by atoms with E-state index in [0.29, 0.717) is 6.42 Å². The zero-order valence-corrected chi connectivity index (χ0v) is 16.4. The van der Waals surface area contributed by atoms with E-state index >= 15 is 0 Å². The van der Waals surface area contributed by atoms with Crippen LogP contribution in [0.15, 0.2) is 4.99 Å². The number of nitrogens with one attached hydrogen (secondary N) is 2. The number of likely N-dealkylation sites (tertiary alicyclic amines) is 2. The van der Waals surface area contributed by atoms with Crippen LogP contribution in [-0.2, 0) is 9.53 Å². The molecule has 7 nitrogen and oxygen atoms in total. The summed E-state index contributed by atoms with van der Waals surface area (Å²) in [5.74, 6) is 1.12. The number of aliphatic imine (C=N–C) groups is 1. The lowest BCUT2D eigenvalue weighted by Crippen LogP contribution is -2.55. The number of carbonyl (C=O) groups is 1. The topological polar surface area (TPSA) is 69.2 Å². The highest BCUT2D eigenvalue weighted by Gasteiger charge is 2.39. The van der Waals surface area contributed by atoms with Gasteiger partial charge in [-0.2, -0.15) is 0 Å². The Hall–Kier alpha value is -1.34. The molecule has 0 saturated carbocycles. The molecule has 0 aromatic heterocycles. The minimum atomic E-state index is 0.149. The second-order valence-corrected chi connectivity index (χ2v) is 7.88. The molecule has 1 unspecified atom stereocenters. The maximum absolute atomic E-state index is 11.7. The van der Waals surface area contributed by atoms with Gasteiger partial charge in [0, 0.05) is 51.4 Å². The number of hydrogen-bond donors (Lipinski definition) is 2. The molecule has 1 atom stereocenters. The Morgan fingerprint density at radius 2 is 2.04 bits per heavy atom. The number of guanidine groups is 1. The van der Waals surface area contributed by atoms with Crippen molar-refractivity contribution in [1.82, 2.24) is 20.4 Å². The van der Waals surface area contributed by atoms with E-state index in [4.69, 9.17) is 9.73 Å². The summed E-state index contributed by atoms with van der Waals surface area (Å²) in [4.78, 5) is 21.2. The molecule has 3 aliphatic rings. The van der Waals surface area contributed by atoms with Crippen molar-refractivity contribution in [3.8, 4) is 0 Å². The fraction of sp³-hybridized carbons (Fsp3) is 0.895. The summed E-state index contributed by atoms with van der Waals surface area (Å²) in [7, 11) is 1.88. The van der Waals surface area contributed by atoms with Crippen LogP contribution >= 0.6 is 0 Å². The van der Waals surface area contributed by atoms with Gasteiger partial charge in [0.1, 0.15) is 0 Å². The first-order valence-corrected chi connectivity index (χ1v) is 10.2. The van der Waals surface area contributed by atoms with Gasteiger partial charge in [0.05, 0.1) is 6.54 Å². The number of hydrogen-bond acceptors (Lipinski definition) is 4. The highest BCUT2D eigenvalue weighted by atomic mass is 16.5. The van der Waals surface area contributed by atoms with E-state index < -0.39 is 0 Å². The predicted molar refractivity (Wildman–Crippen MR) is 103 cm³/mol. The number of rotatable bonds is 5. The Morgan fingerprint density at radius 3 is 2.69 bits per heavy atom. The Bertz CT molecular complexity index is 498. The molecular formula is C19H35N5O2. The third-order valence-electron chi connectivity index (χ3n) is 6.04. The number of amides is 1. The van der Waals surface area contributed by atoms with E-state index in [1.165, 1.54) is 25.9 Å². The van der Waals surface area contributed by atoms with Crippen molar-refractivity contribution in [3.63, 3.8) is 0 Å². The molecule has 26 heavy (non-hydrogen) atoms. The van der Waals surface area contributed by atoms with Gasteiger partial charge in [0.2, 0.25) is 5.91 Å². The van der Waals surface area contributed by atoms with Gasteiger partial charge in [0.15, 0.2) is 5.96 Å². The smallest absolute Gasteiger partial charge is 0.222 e. The number of piperidine rings is 1. The average molecular weight is 366 g/mol. The molecule has 3 aliphatic heterocycles. The first-order chi connectivity index (χ1) is 12.6. The number of likely N-dealkylation sites (N-methyl/N-ethyl adjacent to an activating group) is 1. The highest BCUT2D eigenvalue weighted by molar-refractivity contribution is 5.81. The van der Waals surface area contributed by atoms with Gasteiger partial charge in [0.25, 0.3) is 0 Å². The quantitative estimate of drug-likeness (QED) is 0.557. The minimum Gasteiger partial charge on any atom is -0.381 e. The van der Waals surface area contributed by atoms with Gasteiger partial charge in [-0.3, -0.25) is 14.7 Å². The predicted octanol–water partition coefficient (Wildman–Crippen LogP) is 0.807. The molecule has 0 aromatic carbocycles. The van der Waals surface area contributed by atoms with Crippen molar-refractivity contribution in [3.05, 3.63) is 0 Å². The lowest BCUT2D eigenvalue weighted by Gasteiger charge is -2.43.